The number of anilines is 2. The van der Waals surface area contributed by atoms with E-state index in [2.05, 4.69) is 16.3 Å². The van der Waals surface area contributed by atoms with Gasteiger partial charge in [-0.1, -0.05) is 0 Å². The third-order valence-corrected chi connectivity index (χ3v) is 5.08. The second kappa shape index (κ2) is 7.84. The Labute approximate surface area is 158 Å². The Morgan fingerprint density at radius 1 is 1.33 bits per heavy atom. The number of carbonyl (C=O) groups excluding carboxylic acids is 2. The van der Waals surface area contributed by atoms with Crippen molar-refractivity contribution >= 4 is 23.4 Å². The van der Waals surface area contributed by atoms with Gasteiger partial charge in [-0.2, -0.15) is 5.26 Å². The van der Waals surface area contributed by atoms with E-state index in [0.717, 1.165) is 11.4 Å². The number of nitrogens with zero attached hydrogens (tertiary/aromatic N) is 3. The van der Waals surface area contributed by atoms with E-state index in [0.29, 0.717) is 39.0 Å². The highest BCUT2D eigenvalue weighted by Gasteiger charge is 2.33. The number of nitriles is 1. The van der Waals surface area contributed by atoms with Crippen molar-refractivity contribution in [3.05, 3.63) is 24.3 Å². The van der Waals surface area contributed by atoms with Crippen molar-refractivity contribution in [1.82, 2.24) is 5.32 Å². The number of rotatable bonds is 5. The molecule has 2 heterocycles. The minimum Gasteiger partial charge on any atom is -0.442 e. The van der Waals surface area contributed by atoms with E-state index in [-0.39, 0.29) is 18.4 Å². The van der Waals surface area contributed by atoms with E-state index >= 15 is 0 Å². The molecule has 1 aromatic carbocycles. The number of carbonyl (C=O) groups is 2. The summed E-state index contributed by atoms with van der Waals surface area (Å²) >= 11 is 0. The molecule has 0 aromatic heterocycles. The third kappa shape index (κ3) is 4.49. The molecule has 2 N–H and O–H groups in total. The third-order valence-electron chi connectivity index (χ3n) is 5.08. The Morgan fingerprint density at radius 2 is 1.96 bits per heavy atom. The lowest BCUT2D eigenvalue weighted by atomic mass is 9.88. The minimum atomic E-state index is -0.882. The molecule has 2 aliphatic rings. The Morgan fingerprint density at radius 3 is 2.56 bits per heavy atom. The lowest BCUT2D eigenvalue weighted by molar-refractivity contribution is -0.119. The topological polar surface area (TPSA) is 106 Å². The van der Waals surface area contributed by atoms with Crippen LogP contribution in [0.15, 0.2) is 24.3 Å². The van der Waals surface area contributed by atoms with E-state index in [1.165, 1.54) is 6.92 Å². The summed E-state index contributed by atoms with van der Waals surface area (Å²) in [5.41, 5.74) is 0.875. The minimum absolute atomic E-state index is 0.156. The van der Waals surface area contributed by atoms with E-state index < -0.39 is 11.7 Å². The number of benzene rings is 1. The zero-order chi connectivity index (χ0) is 19.4. The number of hydrogen-bond donors (Lipinski definition) is 2. The van der Waals surface area contributed by atoms with Crippen LogP contribution in [0.1, 0.15) is 26.2 Å². The number of ether oxygens (including phenoxy) is 1. The van der Waals surface area contributed by atoms with Gasteiger partial charge in [0.25, 0.3) is 0 Å². The van der Waals surface area contributed by atoms with Crippen molar-refractivity contribution in [2.45, 2.75) is 37.9 Å². The molecule has 8 nitrogen and oxygen atoms in total. The summed E-state index contributed by atoms with van der Waals surface area (Å²) in [6, 6.07) is 9.68. The van der Waals surface area contributed by atoms with Crippen LogP contribution in [0.5, 0.6) is 0 Å². The van der Waals surface area contributed by atoms with Crippen molar-refractivity contribution < 1.29 is 19.4 Å². The maximum atomic E-state index is 12.1. The maximum absolute atomic E-state index is 12.1. The van der Waals surface area contributed by atoms with Crippen LogP contribution in [0.4, 0.5) is 16.2 Å². The first-order valence-corrected chi connectivity index (χ1v) is 9.07. The van der Waals surface area contributed by atoms with Gasteiger partial charge in [0, 0.05) is 31.4 Å². The molecule has 8 heteroatoms. The van der Waals surface area contributed by atoms with Crippen molar-refractivity contribution in [1.29, 1.82) is 5.26 Å². The SMILES string of the molecule is CC(=O)NC[C@H]1CN(c2ccc(N3CCC(O)(CC#N)CC3)cc2)C(=O)O1. The molecule has 1 aromatic rings. The van der Waals surface area contributed by atoms with Gasteiger partial charge < -0.3 is 20.1 Å². The van der Waals surface area contributed by atoms with Gasteiger partial charge in [0.1, 0.15) is 6.10 Å². The van der Waals surface area contributed by atoms with Crippen LogP contribution in [0, 0.1) is 11.3 Å². The molecular weight excluding hydrogens is 348 g/mol. The first-order chi connectivity index (χ1) is 12.9. The average molecular weight is 372 g/mol. The van der Waals surface area contributed by atoms with Crippen LogP contribution in [0.3, 0.4) is 0 Å². The number of aliphatic hydroxyl groups is 1. The van der Waals surface area contributed by atoms with Crippen molar-refractivity contribution in [2.24, 2.45) is 0 Å². The van der Waals surface area contributed by atoms with Crippen LogP contribution in [0.25, 0.3) is 0 Å². The second-order valence-electron chi connectivity index (χ2n) is 7.12. The monoisotopic (exact) mass is 372 g/mol. The van der Waals surface area contributed by atoms with Gasteiger partial charge in [0.05, 0.1) is 31.2 Å². The smallest absolute Gasteiger partial charge is 0.414 e. The number of cyclic esters (lactones) is 1. The molecule has 0 saturated carbocycles. The Bertz CT molecular complexity index is 735. The van der Waals surface area contributed by atoms with Crippen LogP contribution in [-0.2, 0) is 9.53 Å². The Kier molecular flexibility index (Phi) is 5.51. The quantitative estimate of drug-likeness (QED) is 0.809. The normalized spacial score (nSPS) is 21.5. The molecule has 27 heavy (non-hydrogen) atoms. The van der Waals surface area contributed by atoms with Gasteiger partial charge >= 0.3 is 6.09 Å². The molecule has 0 unspecified atom stereocenters. The summed E-state index contributed by atoms with van der Waals surface area (Å²) < 4.78 is 5.28. The lowest BCUT2D eigenvalue weighted by Gasteiger charge is -2.38. The molecule has 0 radical (unpaired) electrons. The largest absolute Gasteiger partial charge is 0.442 e. The van der Waals surface area contributed by atoms with E-state index in [1.807, 2.05) is 24.3 Å². The number of amides is 2. The van der Waals surface area contributed by atoms with Crippen LogP contribution < -0.4 is 15.1 Å². The zero-order valence-electron chi connectivity index (χ0n) is 15.4. The lowest BCUT2D eigenvalue weighted by Crippen LogP contribution is -2.44. The standard InChI is InChI=1S/C19H24N4O4/c1-14(24)21-12-17-13-23(18(25)27-17)16-4-2-15(3-5-16)22-10-7-19(26,6-9-20)8-11-22/h2-5,17,26H,6-8,10-13H2,1H3,(H,21,24)/t17-/m0/s1. The van der Waals surface area contributed by atoms with Crippen LogP contribution in [-0.4, -0.2) is 55.0 Å². The molecule has 0 spiro atoms. The molecule has 0 aliphatic carbocycles. The highest BCUT2D eigenvalue weighted by Crippen LogP contribution is 2.30. The van der Waals surface area contributed by atoms with Gasteiger partial charge in [-0.15, -0.1) is 0 Å². The average Bonchev–Trinajstić information content (AvgIpc) is 3.02. The zero-order valence-corrected chi connectivity index (χ0v) is 15.4. The summed E-state index contributed by atoms with van der Waals surface area (Å²) in [4.78, 5) is 26.8. The molecule has 144 valence electrons. The second-order valence-corrected chi connectivity index (χ2v) is 7.12. The van der Waals surface area contributed by atoms with Gasteiger partial charge in [-0.25, -0.2) is 4.79 Å². The summed E-state index contributed by atoms with van der Waals surface area (Å²) in [6.07, 6.45) is 0.506. The van der Waals surface area contributed by atoms with E-state index in [9.17, 15) is 14.7 Å². The van der Waals surface area contributed by atoms with Crippen LogP contribution in [0.2, 0.25) is 0 Å². The van der Waals surface area contributed by atoms with Crippen molar-refractivity contribution in [2.75, 3.05) is 36.0 Å². The molecule has 2 saturated heterocycles. The summed E-state index contributed by atoms with van der Waals surface area (Å²) in [5.74, 6) is -0.156. The van der Waals surface area contributed by atoms with E-state index in [4.69, 9.17) is 10.00 Å². The first-order valence-electron chi connectivity index (χ1n) is 9.07. The van der Waals surface area contributed by atoms with Gasteiger partial charge in [-0.3, -0.25) is 9.69 Å². The molecular formula is C19H24N4O4. The Hall–Kier alpha value is -2.79. The molecule has 3 rings (SSSR count). The Balaban J connectivity index is 1.59. The molecule has 2 fully saturated rings. The van der Waals surface area contributed by atoms with Crippen LogP contribution >= 0.6 is 0 Å². The van der Waals surface area contributed by atoms with Crippen molar-refractivity contribution in [3.63, 3.8) is 0 Å². The number of hydrogen-bond acceptors (Lipinski definition) is 6. The molecule has 2 aliphatic heterocycles. The number of piperidine rings is 1. The summed E-state index contributed by atoms with van der Waals surface area (Å²) in [6.45, 7) is 3.48. The molecule has 2 amide bonds. The van der Waals surface area contributed by atoms with Crippen molar-refractivity contribution in [3.8, 4) is 6.07 Å². The van der Waals surface area contributed by atoms with E-state index in [1.54, 1.807) is 4.90 Å². The summed E-state index contributed by atoms with van der Waals surface area (Å²) in [5, 5.41) is 21.8. The molecule has 1 atom stereocenters. The first kappa shape index (κ1) is 19.0. The molecule has 0 bridgehead atoms. The van der Waals surface area contributed by atoms with Gasteiger partial charge in [-0.05, 0) is 37.1 Å². The van der Waals surface area contributed by atoms with Gasteiger partial charge in [0.2, 0.25) is 5.91 Å². The highest BCUT2D eigenvalue weighted by atomic mass is 16.6. The fraction of sp³-hybridized carbons (Fsp3) is 0.526. The predicted molar refractivity (Wildman–Crippen MR) is 99.4 cm³/mol. The fourth-order valence-corrected chi connectivity index (χ4v) is 3.44. The summed E-state index contributed by atoms with van der Waals surface area (Å²) in [7, 11) is 0. The predicted octanol–water partition coefficient (Wildman–Crippen LogP) is 1.39. The highest BCUT2D eigenvalue weighted by molar-refractivity contribution is 5.90. The maximum Gasteiger partial charge on any atom is 0.414 e. The fourth-order valence-electron chi connectivity index (χ4n) is 3.44. The number of nitrogens with one attached hydrogen (secondary N) is 1. The van der Waals surface area contributed by atoms with Gasteiger partial charge in [0.15, 0.2) is 0 Å².